The summed E-state index contributed by atoms with van der Waals surface area (Å²) in [6, 6.07) is 12.3. The van der Waals surface area contributed by atoms with Crippen LogP contribution >= 0.6 is 0 Å². The first-order chi connectivity index (χ1) is 42.0. The quantitative estimate of drug-likeness (QED) is 0.0182. The molecule has 2 aliphatic rings. The van der Waals surface area contributed by atoms with Crippen molar-refractivity contribution in [1.29, 1.82) is 0 Å². The van der Waals surface area contributed by atoms with E-state index < -0.39 is 164 Å². The molecule has 0 atom stereocenters. The molecular formula is C54H42F2N14Na4O16S4. The molecule has 6 aromatic carbocycles. The van der Waals surface area contributed by atoms with Crippen LogP contribution in [0.4, 0.5) is 78.1 Å². The van der Waals surface area contributed by atoms with Crippen LogP contribution in [0.15, 0.2) is 80.2 Å². The van der Waals surface area contributed by atoms with Crippen molar-refractivity contribution in [1.82, 2.24) is 29.9 Å². The van der Waals surface area contributed by atoms with Crippen molar-refractivity contribution in [2.24, 2.45) is 0 Å². The molecule has 2 aliphatic carbocycles. The summed E-state index contributed by atoms with van der Waals surface area (Å²) in [5, 5.41) is 16.1. The van der Waals surface area contributed by atoms with Crippen molar-refractivity contribution in [2.45, 2.75) is 61.1 Å². The van der Waals surface area contributed by atoms with Crippen LogP contribution in [0.5, 0.6) is 0 Å². The number of nitrogen functional groups attached to an aromatic ring is 2. The van der Waals surface area contributed by atoms with Gasteiger partial charge >= 0.3 is 130 Å². The number of rotatable bonds is 17. The molecule has 0 radical (unpaired) electrons. The van der Waals surface area contributed by atoms with Crippen molar-refractivity contribution >= 4 is 133 Å². The second kappa shape index (κ2) is 28.5. The Kier molecular flexibility index (Phi) is 23.4. The van der Waals surface area contributed by atoms with Gasteiger partial charge in [0.05, 0.1) is 76.0 Å². The fourth-order valence-electron chi connectivity index (χ4n) is 10.9. The van der Waals surface area contributed by atoms with Crippen LogP contribution in [0.25, 0.3) is 0 Å². The van der Waals surface area contributed by atoms with Crippen LogP contribution in [0.1, 0.15) is 97.1 Å². The van der Waals surface area contributed by atoms with Crippen LogP contribution in [-0.2, 0) is 40.5 Å². The summed E-state index contributed by atoms with van der Waals surface area (Å²) in [6.45, 7) is 6.99. The van der Waals surface area contributed by atoms with E-state index in [2.05, 4.69) is 61.8 Å². The Bertz CT molecular complexity index is 4790. The van der Waals surface area contributed by atoms with Gasteiger partial charge in [-0.3, -0.25) is 19.2 Å². The maximum absolute atomic E-state index is 15.2. The smallest absolute Gasteiger partial charge is 0.744 e. The first-order valence-corrected chi connectivity index (χ1v) is 31.4. The summed E-state index contributed by atoms with van der Waals surface area (Å²) in [6.07, 6.45) is -2.84. The molecule has 40 heteroatoms. The second-order valence-corrected chi connectivity index (χ2v) is 25.5. The third-order valence-electron chi connectivity index (χ3n) is 14.7. The number of benzene rings is 6. The number of carbonyl (C=O) groups is 4. The van der Waals surface area contributed by atoms with Gasteiger partial charge in [0, 0.05) is 46.7 Å². The van der Waals surface area contributed by atoms with E-state index in [0.717, 1.165) is 0 Å². The van der Waals surface area contributed by atoms with E-state index >= 15 is 8.78 Å². The molecule has 30 nitrogen and oxygen atoms in total. The molecule has 0 amide bonds. The standard InChI is InChI=1S/C54H46F2N14O16S4.4Na/c1-19-39(61-29-17-31(87(75,76)77)37(57)35-33(29)43(71)25-11-7-9-13-27(25)45(35)73)21(3)47(89(81,82)83)23(5)41(19)63-53-67-49(55)65-51(69-53)59-15-16-60-52-66-50(56)68-54(70-52)64-42-20(2)40(22(4)48(24(42)6)90(84,85)86)62-30-18-32(88(78,79)80)38(58)36-34(30)44(72)26-12-8-10-14-28(26)46(36)74;;;;/h7-14,17-18,61-62H,15-16,57-58H2,1-6H3,(H,75,76,77)(H,78,79,80)(H,81,82,83)(H,84,85,86)(H2,59,63,65,67,69)(H2,60,64,66,68,70);;;;/q;4*+1/p-4. The van der Waals surface area contributed by atoms with Gasteiger partial charge in [-0.2, -0.15) is 38.7 Å². The van der Waals surface area contributed by atoms with Crippen molar-refractivity contribution in [3.63, 3.8) is 0 Å². The number of anilines is 12. The average Bonchev–Trinajstić information content (AvgIpc) is 0.737. The SMILES string of the molecule is Cc1c(Nc2nc(F)nc(NCCNc3nc(F)nc(Nc4c(C)c(Nc5cc(S(=O)(=O)[O-])c(N)c6c5C(=O)c5ccccc5C6=O)c(C)c(S(=O)(=O)[O-])c4C)n3)n2)c(C)c(S(=O)(=O)[O-])c(C)c1Nc1cc(S(=O)(=O)[O-])c(N)c2c1C(=O)c1ccccc1C2=O.[Na+].[Na+].[Na+].[Na+]. The number of nitrogens with zero attached hydrogens (tertiary/aromatic N) is 6. The van der Waals surface area contributed by atoms with Crippen molar-refractivity contribution in [3.05, 3.63) is 151 Å². The molecule has 0 bridgehead atoms. The van der Waals surface area contributed by atoms with E-state index in [0.29, 0.717) is 12.1 Å². The summed E-state index contributed by atoms with van der Waals surface area (Å²) in [5.41, 5.74) is 4.45. The third kappa shape index (κ3) is 14.5. The molecule has 10 rings (SSSR count). The predicted octanol–water partition coefficient (Wildman–Crippen LogP) is -6.97. The molecule has 466 valence electrons. The molecule has 0 spiro atoms. The molecule has 2 heterocycles. The zero-order valence-electron chi connectivity index (χ0n) is 50.9. The number of nitrogens with two attached hydrogens (primary N) is 2. The Morgan fingerprint density at radius 2 is 0.660 bits per heavy atom. The monoisotopic (exact) mass is 1400 g/mol. The summed E-state index contributed by atoms with van der Waals surface area (Å²) in [7, 11) is -21.8. The number of hydrogen-bond donors (Lipinski definition) is 8. The Morgan fingerprint density at radius 3 is 0.936 bits per heavy atom. The first kappa shape index (κ1) is 76.9. The molecule has 0 aliphatic heterocycles. The maximum Gasteiger partial charge on any atom is 1.00 e. The molecule has 0 fully saturated rings. The van der Waals surface area contributed by atoms with Gasteiger partial charge in [0.25, 0.3) is 0 Å². The van der Waals surface area contributed by atoms with E-state index in [-0.39, 0.29) is 210 Å². The fourth-order valence-corrected chi connectivity index (χ4v) is 14.1. The van der Waals surface area contributed by atoms with Crippen LogP contribution in [0.2, 0.25) is 0 Å². The minimum Gasteiger partial charge on any atom is -0.744 e. The number of carbonyl (C=O) groups excluding carboxylic acids is 4. The van der Waals surface area contributed by atoms with Crippen LogP contribution in [0, 0.1) is 53.7 Å². The van der Waals surface area contributed by atoms with E-state index in [1.165, 1.54) is 90.1 Å². The molecule has 0 saturated heterocycles. The molecule has 0 saturated carbocycles. The topological polar surface area (TPSA) is 499 Å². The molecule has 2 aromatic heterocycles. The maximum atomic E-state index is 15.2. The van der Waals surface area contributed by atoms with E-state index in [9.17, 15) is 71.1 Å². The zero-order valence-corrected chi connectivity index (χ0v) is 62.2. The van der Waals surface area contributed by atoms with Crippen LogP contribution in [-0.4, -0.2) is 118 Å². The first-order valence-electron chi connectivity index (χ1n) is 25.8. The number of nitrogens with one attached hydrogen (secondary N) is 6. The molecule has 8 aromatic rings. The van der Waals surface area contributed by atoms with Gasteiger partial charge in [-0.1, -0.05) is 48.5 Å². The van der Waals surface area contributed by atoms with E-state index in [1.807, 2.05) is 0 Å². The Morgan fingerprint density at radius 1 is 0.394 bits per heavy atom. The van der Waals surface area contributed by atoms with Crippen LogP contribution < -0.4 is 162 Å². The normalized spacial score (nSPS) is 12.5. The van der Waals surface area contributed by atoms with Gasteiger partial charge in [-0.05, 0) is 87.1 Å². The van der Waals surface area contributed by atoms with Gasteiger partial charge in [-0.25, -0.2) is 33.7 Å². The number of ketones is 4. The largest absolute Gasteiger partial charge is 1.00 e. The van der Waals surface area contributed by atoms with Gasteiger partial charge in [0.15, 0.2) is 23.1 Å². The predicted molar refractivity (Wildman–Crippen MR) is 311 cm³/mol. The van der Waals surface area contributed by atoms with Gasteiger partial charge in [-0.15, -0.1) is 0 Å². The number of hydrogen-bond acceptors (Lipinski definition) is 30. The van der Waals surface area contributed by atoms with Gasteiger partial charge in [0.2, 0.25) is 23.8 Å². The van der Waals surface area contributed by atoms with E-state index in [4.69, 9.17) is 11.5 Å². The molecule has 0 unspecified atom stereocenters. The summed E-state index contributed by atoms with van der Waals surface area (Å²) in [5.74, 6) is -5.73. The fraction of sp³-hybridized carbons (Fsp3) is 0.148. The summed E-state index contributed by atoms with van der Waals surface area (Å²) < 4.78 is 184. The Balaban J connectivity index is 0.00000350. The summed E-state index contributed by atoms with van der Waals surface area (Å²) in [4.78, 5) is 74.6. The van der Waals surface area contributed by atoms with Gasteiger partial charge < -0.3 is 61.6 Å². The number of aromatic nitrogens is 6. The summed E-state index contributed by atoms with van der Waals surface area (Å²) >= 11 is 0. The minimum atomic E-state index is -5.47. The minimum absolute atomic E-state index is 0. The number of halogens is 2. The Hall–Kier alpha value is -6.08. The Labute approximate surface area is 622 Å². The zero-order chi connectivity index (χ0) is 65.8. The molecule has 94 heavy (non-hydrogen) atoms. The molecular weight excluding hydrogens is 1360 g/mol. The van der Waals surface area contributed by atoms with Gasteiger partial charge in [0.1, 0.15) is 40.5 Å². The average molecular weight is 1400 g/mol. The van der Waals surface area contributed by atoms with Crippen molar-refractivity contribution in [2.75, 3.05) is 56.5 Å². The van der Waals surface area contributed by atoms with Crippen molar-refractivity contribution < 1.29 is 198 Å². The number of fused-ring (bicyclic) bond motifs is 4. The van der Waals surface area contributed by atoms with E-state index in [1.54, 1.807) is 0 Å². The van der Waals surface area contributed by atoms with Crippen molar-refractivity contribution in [3.8, 4) is 0 Å². The third-order valence-corrected chi connectivity index (χ3v) is 18.7. The second-order valence-electron chi connectivity index (χ2n) is 20.2. The molecule has 10 N–H and O–H groups in total. The van der Waals surface area contributed by atoms with Crippen LogP contribution in [0.3, 0.4) is 0 Å².